The van der Waals surface area contributed by atoms with E-state index in [1.807, 2.05) is 6.07 Å². The topological polar surface area (TPSA) is 54.0 Å². The standard InChI is InChI=1S/C14H21BrN2O3/c1-19-11-9-10(13(18)12(15)14(11)20-2)3-6-17-7-4-16-5-8-17/h9,16,18H,3-8H2,1-2H3. The van der Waals surface area contributed by atoms with Crippen molar-refractivity contribution in [3.05, 3.63) is 16.1 Å². The van der Waals surface area contributed by atoms with Crippen molar-refractivity contribution >= 4 is 15.9 Å². The van der Waals surface area contributed by atoms with Crippen LogP contribution >= 0.6 is 15.9 Å². The van der Waals surface area contributed by atoms with Gasteiger partial charge in [0.1, 0.15) is 10.2 Å². The molecule has 1 fully saturated rings. The lowest BCUT2D eigenvalue weighted by molar-refractivity contribution is 0.243. The molecule has 1 aromatic carbocycles. The molecule has 112 valence electrons. The van der Waals surface area contributed by atoms with E-state index in [9.17, 15) is 5.11 Å². The number of rotatable bonds is 5. The van der Waals surface area contributed by atoms with E-state index in [1.54, 1.807) is 14.2 Å². The Bertz CT molecular complexity index is 462. The number of halogens is 1. The van der Waals surface area contributed by atoms with E-state index in [2.05, 4.69) is 26.1 Å². The summed E-state index contributed by atoms with van der Waals surface area (Å²) in [5, 5.41) is 13.6. The molecule has 0 saturated carbocycles. The van der Waals surface area contributed by atoms with Gasteiger partial charge in [0.25, 0.3) is 0 Å². The van der Waals surface area contributed by atoms with Gasteiger partial charge in [0, 0.05) is 38.3 Å². The zero-order chi connectivity index (χ0) is 14.5. The fraction of sp³-hybridized carbons (Fsp3) is 0.571. The summed E-state index contributed by atoms with van der Waals surface area (Å²) in [7, 11) is 3.16. The van der Waals surface area contributed by atoms with Crippen molar-refractivity contribution in [2.45, 2.75) is 6.42 Å². The Morgan fingerprint density at radius 3 is 2.60 bits per heavy atom. The van der Waals surface area contributed by atoms with Gasteiger partial charge >= 0.3 is 0 Å². The third kappa shape index (κ3) is 3.37. The number of methoxy groups -OCH3 is 2. The van der Waals surface area contributed by atoms with E-state index in [0.717, 1.165) is 44.7 Å². The van der Waals surface area contributed by atoms with E-state index < -0.39 is 0 Å². The molecule has 0 unspecified atom stereocenters. The predicted molar refractivity (Wildman–Crippen MR) is 81.9 cm³/mol. The van der Waals surface area contributed by atoms with Crippen LogP contribution in [0.25, 0.3) is 0 Å². The molecule has 2 rings (SSSR count). The number of phenols is 1. The molecule has 0 atom stereocenters. The number of ether oxygens (including phenoxy) is 2. The average molecular weight is 345 g/mol. The summed E-state index contributed by atoms with van der Waals surface area (Å²) >= 11 is 3.37. The van der Waals surface area contributed by atoms with Crippen LogP contribution < -0.4 is 14.8 Å². The Morgan fingerprint density at radius 1 is 1.30 bits per heavy atom. The zero-order valence-corrected chi connectivity index (χ0v) is 13.5. The number of hydrogen-bond donors (Lipinski definition) is 2. The molecule has 1 aliphatic rings. The number of piperazine rings is 1. The minimum Gasteiger partial charge on any atom is -0.506 e. The molecule has 6 heteroatoms. The predicted octanol–water partition coefficient (Wildman–Crippen LogP) is 1.62. The second-order valence-electron chi connectivity index (χ2n) is 4.78. The van der Waals surface area contributed by atoms with Gasteiger partial charge in [-0.25, -0.2) is 0 Å². The maximum Gasteiger partial charge on any atom is 0.178 e. The molecule has 2 N–H and O–H groups in total. The van der Waals surface area contributed by atoms with Crippen molar-refractivity contribution in [1.82, 2.24) is 10.2 Å². The first kappa shape index (κ1) is 15.4. The number of phenolic OH excluding ortho intramolecular Hbond substituents is 1. The van der Waals surface area contributed by atoms with E-state index in [0.29, 0.717) is 16.0 Å². The van der Waals surface area contributed by atoms with Crippen molar-refractivity contribution in [2.24, 2.45) is 0 Å². The molecule has 0 aliphatic carbocycles. The molecule has 1 saturated heterocycles. The van der Waals surface area contributed by atoms with Gasteiger partial charge in [0.15, 0.2) is 11.5 Å². The molecule has 0 amide bonds. The van der Waals surface area contributed by atoms with Gasteiger partial charge in [-0.1, -0.05) is 0 Å². The lowest BCUT2D eigenvalue weighted by Gasteiger charge is -2.27. The van der Waals surface area contributed by atoms with Crippen LogP contribution in [0.1, 0.15) is 5.56 Å². The zero-order valence-electron chi connectivity index (χ0n) is 11.9. The lowest BCUT2D eigenvalue weighted by atomic mass is 10.1. The summed E-state index contributed by atoms with van der Waals surface area (Å²) in [6, 6.07) is 1.85. The Morgan fingerprint density at radius 2 is 2.00 bits per heavy atom. The molecular weight excluding hydrogens is 324 g/mol. The second kappa shape index (κ2) is 7.15. The summed E-state index contributed by atoms with van der Waals surface area (Å²) in [6.07, 6.45) is 0.783. The molecule has 5 nitrogen and oxygen atoms in total. The Kier molecular flexibility index (Phi) is 5.51. The van der Waals surface area contributed by atoms with E-state index in [4.69, 9.17) is 9.47 Å². The summed E-state index contributed by atoms with van der Waals surface area (Å²) < 4.78 is 11.1. The van der Waals surface area contributed by atoms with Crippen molar-refractivity contribution < 1.29 is 14.6 Å². The maximum atomic E-state index is 10.2. The van der Waals surface area contributed by atoms with Crippen LogP contribution in [0.5, 0.6) is 17.2 Å². The smallest absolute Gasteiger partial charge is 0.178 e. The SMILES string of the molecule is COc1cc(CCN2CCNCC2)c(O)c(Br)c1OC. The fourth-order valence-corrected chi connectivity index (χ4v) is 3.01. The van der Waals surface area contributed by atoms with Crippen molar-refractivity contribution in [3.63, 3.8) is 0 Å². The Labute approximate surface area is 128 Å². The first-order chi connectivity index (χ1) is 9.67. The molecular formula is C14H21BrN2O3. The van der Waals surface area contributed by atoms with E-state index in [-0.39, 0.29) is 5.75 Å². The second-order valence-corrected chi connectivity index (χ2v) is 5.57. The third-order valence-corrected chi connectivity index (χ3v) is 4.31. The number of nitrogens with one attached hydrogen (secondary N) is 1. The van der Waals surface area contributed by atoms with Crippen LogP contribution in [-0.2, 0) is 6.42 Å². The molecule has 0 bridgehead atoms. The molecule has 1 aliphatic heterocycles. The minimum atomic E-state index is 0.234. The Balaban J connectivity index is 2.12. The van der Waals surface area contributed by atoms with Crippen LogP contribution in [0.3, 0.4) is 0 Å². The number of nitrogens with zero attached hydrogens (tertiary/aromatic N) is 1. The maximum absolute atomic E-state index is 10.2. The molecule has 1 heterocycles. The minimum absolute atomic E-state index is 0.234. The average Bonchev–Trinajstić information content (AvgIpc) is 2.49. The van der Waals surface area contributed by atoms with Gasteiger partial charge in [0.05, 0.1) is 14.2 Å². The van der Waals surface area contributed by atoms with Gasteiger partial charge in [-0.05, 0) is 28.4 Å². The van der Waals surface area contributed by atoms with Gasteiger partial charge < -0.3 is 24.8 Å². The van der Waals surface area contributed by atoms with Crippen LogP contribution in [0.2, 0.25) is 0 Å². The Hall–Kier alpha value is -0.980. The summed E-state index contributed by atoms with van der Waals surface area (Å²) in [5.41, 5.74) is 0.869. The summed E-state index contributed by atoms with van der Waals surface area (Å²) in [5.74, 6) is 1.39. The van der Waals surface area contributed by atoms with Crippen molar-refractivity contribution in [2.75, 3.05) is 46.9 Å². The first-order valence-corrected chi connectivity index (χ1v) is 7.52. The molecule has 0 spiro atoms. The molecule has 1 aromatic rings. The van der Waals surface area contributed by atoms with E-state index in [1.165, 1.54) is 0 Å². The van der Waals surface area contributed by atoms with Crippen molar-refractivity contribution in [1.29, 1.82) is 0 Å². The monoisotopic (exact) mass is 344 g/mol. The van der Waals surface area contributed by atoms with Gasteiger partial charge in [-0.15, -0.1) is 0 Å². The molecule has 0 aromatic heterocycles. The summed E-state index contributed by atoms with van der Waals surface area (Å²) in [6.45, 7) is 5.09. The highest BCUT2D eigenvalue weighted by atomic mass is 79.9. The van der Waals surface area contributed by atoms with Crippen LogP contribution in [0, 0.1) is 0 Å². The van der Waals surface area contributed by atoms with Gasteiger partial charge in [0.2, 0.25) is 0 Å². The van der Waals surface area contributed by atoms with E-state index >= 15 is 0 Å². The highest BCUT2D eigenvalue weighted by Gasteiger charge is 2.18. The van der Waals surface area contributed by atoms with Crippen LogP contribution in [0.15, 0.2) is 10.5 Å². The highest BCUT2D eigenvalue weighted by molar-refractivity contribution is 9.10. The van der Waals surface area contributed by atoms with Crippen molar-refractivity contribution in [3.8, 4) is 17.2 Å². The quantitative estimate of drug-likeness (QED) is 0.850. The van der Waals surface area contributed by atoms with Crippen LogP contribution in [-0.4, -0.2) is 56.9 Å². The highest BCUT2D eigenvalue weighted by Crippen LogP contribution is 2.43. The molecule has 0 radical (unpaired) electrons. The van der Waals surface area contributed by atoms with Gasteiger partial charge in [-0.2, -0.15) is 0 Å². The number of aromatic hydroxyl groups is 1. The first-order valence-electron chi connectivity index (χ1n) is 6.72. The number of hydrogen-bond acceptors (Lipinski definition) is 5. The fourth-order valence-electron chi connectivity index (χ4n) is 2.39. The lowest BCUT2D eigenvalue weighted by Crippen LogP contribution is -2.44. The largest absolute Gasteiger partial charge is 0.506 e. The number of benzene rings is 1. The molecule has 20 heavy (non-hydrogen) atoms. The van der Waals surface area contributed by atoms with Gasteiger partial charge in [-0.3, -0.25) is 0 Å². The normalized spacial score (nSPS) is 16.1. The summed E-state index contributed by atoms with van der Waals surface area (Å²) in [4.78, 5) is 2.39. The van der Waals surface area contributed by atoms with Crippen LogP contribution in [0.4, 0.5) is 0 Å². The third-order valence-electron chi connectivity index (χ3n) is 3.57.